The first-order valence-corrected chi connectivity index (χ1v) is 5.79. The van der Waals surface area contributed by atoms with Crippen molar-refractivity contribution in [2.45, 2.75) is 37.3 Å². The Bertz CT molecular complexity index is 393. The van der Waals surface area contributed by atoms with E-state index < -0.39 is 0 Å². The molecule has 3 N–H and O–H groups in total. The second kappa shape index (κ2) is 3.35. The quantitative estimate of drug-likeness (QED) is 0.716. The predicted molar refractivity (Wildman–Crippen MR) is 61.0 cm³/mol. The highest BCUT2D eigenvalue weighted by Crippen LogP contribution is 2.40. The third kappa shape index (κ3) is 1.50. The number of pyridine rings is 1. The van der Waals surface area contributed by atoms with Gasteiger partial charge in [-0.25, -0.2) is 4.98 Å². The molecule has 3 heterocycles. The molecule has 0 aromatic carbocycles. The van der Waals surface area contributed by atoms with Crippen LogP contribution in [-0.4, -0.2) is 17.1 Å². The van der Waals surface area contributed by atoms with Crippen LogP contribution in [0.25, 0.3) is 0 Å². The first kappa shape index (κ1) is 9.43. The van der Waals surface area contributed by atoms with E-state index >= 15 is 0 Å². The molecule has 2 aliphatic rings. The highest BCUT2D eigenvalue weighted by atomic mass is 35.5. The average Bonchev–Trinajstić information content (AvgIpc) is 2.83. The molecule has 2 saturated heterocycles. The van der Waals surface area contributed by atoms with Crippen molar-refractivity contribution < 1.29 is 0 Å². The van der Waals surface area contributed by atoms with E-state index in [1.165, 1.54) is 24.8 Å². The van der Waals surface area contributed by atoms with Crippen LogP contribution >= 0.6 is 11.6 Å². The zero-order chi connectivity index (χ0) is 10.4. The van der Waals surface area contributed by atoms with Gasteiger partial charge in [-0.2, -0.15) is 0 Å². The number of nitrogen functional groups attached to an aromatic ring is 1. The minimum atomic E-state index is 0.412. The van der Waals surface area contributed by atoms with Gasteiger partial charge in [-0.3, -0.25) is 0 Å². The fourth-order valence-electron chi connectivity index (χ4n) is 2.88. The fraction of sp³-hybridized carbons (Fsp3) is 0.545. The minimum Gasteiger partial charge on any atom is -0.396 e. The van der Waals surface area contributed by atoms with Crippen LogP contribution in [0.4, 0.5) is 5.69 Å². The smallest absolute Gasteiger partial charge is 0.151 e. The number of hydrogen-bond acceptors (Lipinski definition) is 3. The van der Waals surface area contributed by atoms with E-state index in [0.29, 0.717) is 28.8 Å². The lowest BCUT2D eigenvalue weighted by Gasteiger charge is -2.20. The van der Waals surface area contributed by atoms with Crippen molar-refractivity contribution in [3.8, 4) is 0 Å². The molecule has 1 aromatic heterocycles. The van der Waals surface area contributed by atoms with Crippen LogP contribution in [0, 0.1) is 0 Å². The molecular formula is C11H14ClN3. The molecule has 80 valence electrons. The molecule has 2 aliphatic heterocycles. The summed E-state index contributed by atoms with van der Waals surface area (Å²) in [5.74, 6) is 0.579. The lowest BCUT2D eigenvalue weighted by Crippen LogP contribution is -2.21. The molecule has 2 bridgehead atoms. The van der Waals surface area contributed by atoms with E-state index in [4.69, 9.17) is 17.3 Å². The number of nitrogens with two attached hydrogens (primary N) is 1. The van der Waals surface area contributed by atoms with E-state index in [0.717, 1.165) is 0 Å². The van der Waals surface area contributed by atoms with Crippen LogP contribution in [0.3, 0.4) is 0 Å². The molecule has 0 aliphatic carbocycles. The third-order valence-electron chi connectivity index (χ3n) is 3.62. The van der Waals surface area contributed by atoms with Gasteiger partial charge in [-0.05, 0) is 30.9 Å². The van der Waals surface area contributed by atoms with Gasteiger partial charge in [0.25, 0.3) is 0 Å². The van der Waals surface area contributed by atoms with Crippen LogP contribution in [0.5, 0.6) is 0 Å². The Balaban J connectivity index is 1.90. The Morgan fingerprint density at radius 1 is 1.47 bits per heavy atom. The van der Waals surface area contributed by atoms with Crippen molar-refractivity contribution in [3.05, 3.63) is 23.0 Å². The Hall–Kier alpha value is -0.800. The number of anilines is 1. The normalized spacial score (nSPS) is 33.5. The van der Waals surface area contributed by atoms with Crippen molar-refractivity contribution >= 4 is 17.3 Å². The van der Waals surface area contributed by atoms with Crippen molar-refractivity contribution in [1.82, 2.24) is 10.3 Å². The van der Waals surface area contributed by atoms with E-state index in [1.54, 1.807) is 0 Å². The van der Waals surface area contributed by atoms with Crippen LogP contribution in [-0.2, 0) is 0 Å². The topological polar surface area (TPSA) is 50.9 Å². The number of nitrogens with one attached hydrogen (secondary N) is 1. The summed E-state index contributed by atoms with van der Waals surface area (Å²) >= 11 is 5.81. The van der Waals surface area contributed by atoms with E-state index in [1.807, 2.05) is 12.3 Å². The molecule has 1 aromatic rings. The van der Waals surface area contributed by atoms with Gasteiger partial charge in [-0.15, -0.1) is 0 Å². The Morgan fingerprint density at radius 3 is 2.93 bits per heavy atom. The summed E-state index contributed by atoms with van der Waals surface area (Å²) in [6.45, 7) is 0. The second-order valence-electron chi connectivity index (χ2n) is 4.54. The highest BCUT2D eigenvalue weighted by Gasteiger charge is 2.39. The molecule has 0 unspecified atom stereocenters. The number of halogens is 1. The molecular weight excluding hydrogens is 210 g/mol. The fourth-order valence-corrected chi connectivity index (χ4v) is 2.98. The van der Waals surface area contributed by atoms with E-state index in [2.05, 4.69) is 10.3 Å². The number of rotatable bonds is 1. The van der Waals surface area contributed by atoms with Crippen LogP contribution in [0.15, 0.2) is 12.3 Å². The molecule has 0 amide bonds. The lowest BCUT2D eigenvalue weighted by atomic mass is 9.84. The number of hydrogen-bond donors (Lipinski definition) is 2. The van der Waals surface area contributed by atoms with E-state index in [-0.39, 0.29) is 0 Å². The molecule has 15 heavy (non-hydrogen) atoms. The SMILES string of the molecule is Nc1cc([C@H]2C[C@@H]3CC[C@H]2N3)cnc1Cl. The monoisotopic (exact) mass is 223 g/mol. The summed E-state index contributed by atoms with van der Waals surface area (Å²) in [5, 5.41) is 4.02. The average molecular weight is 224 g/mol. The molecule has 3 rings (SSSR count). The maximum atomic E-state index is 5.81. The molecule has 3 nitrogen and oxygen atoms in total. The predicted octanol–water partition coefficient (Wildman–Crippen LogP) is 1.93. The number of nitrogens with zero attached hydrogens (tertiary/aromatic N) is 1. The number of fused-ring (bicyclic) bond motifs is 2. The molecule has 0 saturated carbocycles. The molecule has 3 atom stereocenters. The summed E-state index contributed by atoms with van der Waals surface area (Å²) in [6, 6.07) is 3.30. The standard InChI is InChI=1S/C11H14ClN3/c12-11-9(13)3-6(5-14-11)8-4-7-1-2-10(8)15-7/h3,5,7-8,10,15H,1-2,4,13H2/t7-,8+,10+/m0/s1. The number of aromatic nitrogens is 1. The largest absolute Gasteiger partial charge is 0.396 e. The van der Waals surface area contributed by atoms with Gasteiger partial charge in [0.05, 0.1) is 5.69 Å². The van der Waals surface area contributed by atoms with Crippen LogP contribution < -0.4 is 11.1 Å². The Kier molecular flexibility index (Phi) is 2.11. The van der Waals surface area contributed by atoms with Crippen LogP contribution in [0.1, 0.15) is 30.7 Å². The van der Waals surface area contributed by atoms with Crippen molar-refractivity contribution in [2.24, 2.45) is 0 Å². The van der Waals surface area contributed by atoms with Crippen molar-refractivity contribution in [2.75, 3.05) is 5.73 Å². The van der Waals surface area contributed by atoms with Crippen molar-refractivity contribution in [1.29, 1.82) is 0 Å². The van der Waals surface area contributed by atoms with Gasteiger partial charge in [0, 0.05) is 24.2 Å². The van der Waals surface area contributed by atoms with E-state index in [9.17, 15) is 0 Å². The van der Waals surface area contributed by atoms with Gasteiger partial charge in [0.1, 0.15) is 0 Å². The zero-order valence-electron chi connectivity index (χ0n) is 8.41. The van der Waals surface area contributed by atoms with Gasteiger partial charge in [-0.1, -0.05) is 11.6 Å². The summed E-state index contributed by atoms with van der Waals surface area (Å²) in [4.78, 5) is 4.12. The second-order valence-corrected chi connectivity index (χ2v) is 4.90. The van der Waals surface area contributed by atoms with Gasteiger partial charge in [0.2, 0.25) is 0 Å². The zero-order valence-corrected chi connectivity index (χ0v) is 9.17. The Morgan fingerprint density at radius 2 is 2.33 bits per heavy atom. The highest BCUT2D eigenvalue weighted by molar-refractivity contribution is 6.31. The van der Waals surface area contributed by atoms with Gasteiger partial charge < -0.3 is 11.1 Å². The first-order valence-electron chi connectivity index (χ1n) is 5.41. The summed E-state index contributed by atoms with van der Waals surface area (Å²) in [6.07, 6.45) is 5.68. The third-order valence-corrected chi connectivity index (χ3v) is 3.93. The van der Waals surface area contributed by atoms with Crippen LogP contribution in [0.2, 0.25) is 5.15 Å². The van der Waals surface area contributed by atoms with Crippen molar-refractivity contribution in [3.63, 3.8) is 0 Å². The van der Waals surface area contributed by atoms with Gasteiger partial charge >= 0.3 is 0 Å². The summed E-state index contributed by atoms with van der Waals surface area (Å²) in [5.41, 5.74) is 7.60. The molecule has 2 fully saturated rings. The maximum absolute atomic E-state index is 5.81. The summed E-state index contributed by atoms with van der Waals surface area (Å²) < 4.78 is 0. The summed E-state index contributed by atoms with van der Waals surface area (Å²) in [7, 11) is 0. The van der Waals surface area contributed by atoms with Gasteiger partial charge in [0.15, 0.2) is 5.15 Å². The Labute approximate surface area is 94.0 Å². The molecule has 0 spiro atoms. The molecule has 0 radical (unpaired) electrons. The maximum Gasteiger partial charge on any atom is 0.151 e. The lowest BCUT2D eigenvalue weighted by molar-refractivity contribution is 0.505. The minimum absolute atomic E-state index is 0.412. The first-order chi connectivity index (χ1) is 7.24. The molecule has 4 heteroatoms.